The molecule has 0 unspecified atom stereocenters. The molecule has 1 aromatic rings. The van der Waals surface area contributed by atoms with Gasteiger partial charge in [-0.15, -0.1) is 6.58 Å². The van der Waals surface area contributed by atoms with Gasteiger partial charge in [0.25, 0.3) is 5.56 Å². The molecule has 1 aromatic heterocycles. The number of hydrogen-bond acceptors (Lipinski definition) is 5. The Morgan fingerprint density at radius 2 is 2.19 bits per heavy atom. The van der Waals surface area contributed by atoms with Gasteiger partial charge in [0, 0.05) is 17.8 Å². The third kappa shape index (κ3) is 5.96. The molecule has 0 aliphatic rings. The quantitative estimate of drug-likeness (QED) is 0.201. The highest BCUT2D eigenvalue weighted by Gasteiger charge is 2.07. The number of thioether (sulfide) groups is 1. The van der Waals surface area contributed by atoms with Crippen molar-refractivity contribution >= 4 is 35.0 Å². The Bertz CT molecular complexity index is 600. The summed E-state index contributed by atoms with van der Waals surface area (Å²) < 4.78 is 0. The summed E-state index contributed by atoms with van der Waals surface area (Å²) in [5.41, 5.74) is 6.01. The highest BCUT2D eigenvalue weighted by molar-refractivity contribution is 7.99. The van der Waals surface area contributed by atoms with E-state index >= 15 is 0 Å². The van der Waals surface area contributed by atoms with Crippen molar-refractivity contribution in [3.63, 3.8) is 0 Å². The van der Waals surface area contributed by atoms with Crippen LogP contribution in [0.3, 0.4) is 0 Å². The molecule has 1 rings (SSSR count). The highest BCUT2D eigenvalue weighted by Crippen LogP contribution is 2.11. The van der Waals surface area contributed by atoms with Gasteiger partial charge in [-0.05, 0) is 26.1 Å². The minimum absolute atomic E-state index is 0.0997. The topological polar surface area (TPSA) is 98.9 Å². The molecule has 1 amide bonds. The van der Waals surface area contributed by atoms with Crippen molar-refractivity contribution in [1.82, 2.24) is 26.1 Å². The number of amides is 1. The number of carbonyl (C=O) groups excluding carboxylic acids is 1. The van der Waals surface area contributed by atoms with Crippen molar-refractivity contribution < 1.29 is 4.79 Å². The predicted octanol–water partition coefficient (Wildman–Crippen LogP) is 0.160. The molecule has 0 saturated carbocycles. The van der Waals surface area contributed by atoms with E-state index in [9.17, 15) is 9.59 Å². The number of thiocarbonyl (C=S) groups is 1. The smallest absolute Gasteiger partial charge is 0.254 e. The first-order chi connectivity index (χ1) is 9.93. The van der Waals surface area contributed by atoms with Gasteiger partial charge in [0.1, 0.15) is 0 Å². The summed E-state index contributed by atoms with van der Waals surface area (Å²) in [5, 5.41) is 3.51. The van der Waals surface area contributed by atoms with Crippen LogP contribution in [-0.2, 0) is 4.79 Å². The van der Waals surface area contributed by atoms with Crippen LogP contribution in [0.4, 0.5) is 0 Å². The van der Waals surface area contributed by atoms with Crippen LogP contribution in [0.5, 0.6) is 0 Å². The van der Waals surface area contributed by atoms with Crippen LogP contribution >= 0.6 is 24.0 Å². The second-order valence-electron chi connectivity index (χ2n) is 4.04. The maximum absolute atomic E-state index is 11.6. The molecule has 0 spiro atoms. The van der Waals surface area contributed by atoms with Crippen molar-refractivity contribution in [2.45, 2.75) is 19.0 Å². The Morgan fingerprint density at radius 1 is 1.48 bits per heavy atom. The molecule has 0 aliphatic carbocycles. The van der Waals surface area contributed by atoms with Crippen LogP contribution in [0, 0.1) is 13.8 Å². The fraction of sp³-hybridized carbons (Fsp3) is 0.333. The van der Waals surface area contributed by atoms with E-state index in [-0.39, 0.29) is 17.2 Å². The first kappa shape index (κ1) is 17.2. The second kappa shape index (κ2) is 8.42. The van der Waals surface area contributed by atoms with E-state index in [1.807, 2.05) is 0 Å². The zero-order chi connectivity index (χ0) is 15.8. The van der Waals surface area contributed by atoms with Gasteiger partial charge in [0.2, 0.25) is 5.91 Å². The number of aromatic amines is 1. The average Bonchev–Trinajstić information content (AvgIpc) is 2.46. The van der Waals surface area contributed by atoms with Gasteiger partial charge >= 0.3 is 0 Å². The van der Waals surface area contributed by atoms with Crippen molar-refractivity contribution in [2.75, 3.05) is 12.3 Å². The predicted molar refractivity (Wildman–Crippen MR) is 87.1 cm³/mol. The molecule has 114 valence electrons. The molecule has 0 fully saturated rings. The Balaban J connectivity index is 2.41. The number of rotatable bonds is 5. The average molecular weight is 327 g/mol. The fourth-order valence-corrected chi connectivity index (χ4v) is 2.03. The molecule has 0 bridgehead atoms. The van der Waals surface area contributed by atoms with Gasteiger partial charge in [0.05, 0.1) is 5.75 Å². The van der Waals surface area contributed by atoms with Gasteiger partial charge in [0.15, 0.2) is 10.3 Å². The van der Waals surface area contributed by atoms with Crippen LogP contribution in [0.15, 0.2) is 22.6 Å². The van der Waals surface area contributed by atoms with Crippen molar-refractivity contribution in [2.24, 2.45) is 0 Å². The third-order valence-electron chi connectivity index (χ3n) is 2.44. The minimum atomic E-state index is -0.288. The van der Waals surface area contributed by atoms with Crippen molar-refractivity contribution in [3.05, 3.63) is 34.3 Å². The zero-order valence-electron chi connectivity index (χ0n) is 11.8. The Labute approximate surface area is 132 Å². The summed E-state index contributed by atoms with van der Waals surface area (Å²) in [5.74, 6) is -0.189. The number of nitrogens with zero attached hydrogens (tertiary/aromatic N) is 1. The molecule has 0 atom stereocenters. The van der Waals surface area contributed by atoms with E-state index in [2.05, 4.69) is 32.7 Å². The number of aromatic nitrogens is 2. The molecular formula is C12H17N5O2S2. The lowest BCUT2D eigenvalue weighted by Crippen LogP contribution is -2.47. The molecule has 7 nitrogen and oxygen atoms in total. The van der Waals surface area contributed by atoms with Gasteiger partial charge < -0.3 is 10.3 Å². The number of hydrogen-bond donors (Lipinski definition) is 4. The maximum Gasteiger partial charge on any atom is 0.254 e. The number of aryl methyl sites for hydroxylation is 1. The van der Waals surface area contributed by atoms with Crippen LogP contribution in [0.1, 0.15) is 11.3 Å². The number of carbonyl (C=O) groups is 1. The summed E-state index contributed by atoms with van der Waals surface area (Å²) in [6.45, 7) is 7.49. The van der Waals surface area contributed by atoms with Gasteiger partial charge in [-0.1, -0.05) is 17.8 Å². The highest BCUT2D eigenvalue weighted by atomic mass is 32.2. The summed E-state index contributed by atoms with van der Waals surface area (Å²) >= 11 is 6.05. The molecule has 0 saturated heterocycles. The largest absolute Gasteiger partial charge is 0.358 e. The molecule has 0 aliphatic heterocycles. The molecule has 21 heavy (non-hydrogen) atoms. The lowest BCUT2D eigenvalue weighted by atomic mass is 10.3. The maximum atomic E-state index is 11.6. The summed E-state index contributed by atoms with van der Waals surface area (Å²) in [6.07, 6.45) is 1.65. The molecule has 1 heterocycles. The SMILES string of the molecule is C=CCNC(=S)NNC(=O)CSc1nc(C)c(C)c(=O)[nH]1. The van der Waals surface area contributed by atoms with Crippen LogP contribution in [0.2, 0.25) is 0 Å². The molecule has 9 heteroatoms. The first-order valence-corrected chi connectivity index (χ1v) is 7.47. The number of H-pyrrole nitrogens is 1. The lowest BCUT2D eigenvalue weighted by Gasteiger charge is -2.10. The number of hydrazine groups is 1. The lowest BCUT2D eigenvalue weighted by molar-refractivity contribution is -0.119. The van der Waals surface area contributed by atoms with Crippen molar-refractivity contribution in [1.29, 1.82) is 0 Å². The first-order valence-electron chi connectivity index (χ1n) is 6.08. The summed E-state index contributed by atoms with van der Waals surface area (Å²) in [6, 6.07) is 0. The second-order valence-corrected chi connectivity index (χ2v) is 5.41. The summed E-state index contributed by atoms with van der Waals surface area (Å²) in [7, 11) is 0. The van der Waals surface area contributed by atoms with E-state index in [1.165, 1.54) is 0 Å². The van der Waals surface area contributed by atoms with Crippen LogP contribution < -0.4 is 21.7 Å². The molecule has 0 aromatic carbocycles. The Kier molecular flexibility index (Phi) is 6.89. The van der Waals surface area contributed by atoms with Crippen LogP contribution in [0.25, 0.3) is 0 Å². The minimum Gasteiger partial charge on any atom is -0.358 e. The fourth-order valence-electron chi connectivity index (χ4n) is 1.19. The number of nitrogens with one attached hydrogen (secondary N) is 4. The van der Waals surface area contributed by atoms with Gasteiger partial charge in [-0.3, -0.25) is 20.4 Å². The van der Waals surface area contributed by atoms with E-state index < -0.39 is 0 Å². The third-order valence-corrected chi connectivity index (χ3v) is 3.56. The Morgan fingerprint density at radius 3 is 2.81 bits per heavy atom. The van der Waals surface area contributed by atoms with Crippen LogP contribution in [-0.4, -0.2) is 33.3 Å². The summed E-state index contributed by atoms with van der Waals surface area (Å²) in [4.78, 5) is 30.0. The monoisotopic (exact) mass is 327 g/mol. The van der Waals surface area contributed by atoms with Crippen molar-refractivity contribution in [3.8, 4) is 0 Å². The normalized spacial score (nSPS) is 9.81. The van der Waals surface area contributed by atoms with E-state index in [0.29, 0.717) is 28.1 Å². The van der Waals surface area contributed by atoms with E-state index in [1.54, 1.807) is 19.9 Å². The molecule has 0 radical (unpaired) electrons. The molecule has 4 N–H and O–H groups in total. The Hall–Kier alpha value is -1.87. The zero-order valence-corrected chi connectivity index (χ0v) is 13.4. The van der Waals surface area contributed by atoms with Gasteiger partial charge in [-0.2, -0.15) is 0 Å². The van der Waals surface area contributed by atoms with E-state index in [4.69, 9.17) is 12.2 Å². The van der Waals surface area contributed by atoms with E-state index in [0.717, 1.165) is 11.8 Å². The standard InChI is InChI=1S/C12H17N5O2S2/c1-4-5-13-11(20)17-16-9(18)6-21-12-14-8(3)7(2)10(19)15-12/h4H,1,5-6H2,2-3H3,(H,16,18)(H2,13,17,20)(H,14,15,19). The molecular weight excluding hydrogens is 310 g/mol. The van der Waals surface area contributed by atoms with Gasteiger partial charge in [-0.25, -0.2) is 4.98 Å².